The van der Waals surface area contributed by atoms with Crippen LogP contribution in [0.4, 0.5) is 0 Å². The summed E-state index contributed by atoms with van der Waals surface area (Å²) in [5.74, 6) is -0.0391. The first kappa shape index (κ1) is 16.4. The Hall–Kier alpha value is -1.47. The number of benzene rings is 1. The third kappa shape index (κ3) is 4.51. The largest absolute Gasteiger partial charge is 0.392 e. The summed E-state index contributed by atoms with van der Waals surface area (Å²) in [6.45, 7) is 5.37. The van der Waals surface area contributed by atoms with Crippen LogP contribution in [-0.4, -0.2) is 60.9 Å². The lowest BCUT2D eigenvalue weighted by Crippen LogP contribution is -2.40. The Kier molecular flexibility index (Phi) is 5.61. The minimum Gasteiger partial charge on any atom is -0.392 e. The van der Waals surface area contributed by atoms with Crippen LogP contribution in [0.25, 0.3) is 0 Å². The average molecular weight is 319 g/mol. The number of hydrogen-bond acceptors (Lipinski definition) is 5. The van der Waals surface area contributed by atoms with Crippen LogP contribution >= 0.6 is 0 Å². The second-order valence-electron chi connectivity index (χ2n) is 6.23. The standard InChI is InChI=1S/C17H25N3O3/c21-15-9-16(18-11-15)17(22)19-10-13-3-1-2-4-14(13)12-20-5-7-23-8-6-20/h1-4,15-16,18,21H,5-12H2,(H,19,22). The maximum atomic E-state index is 12.2. The quantitative estimate of drug-likeness (QED) is 0.704. The molecule has 2 saturated heterocycles. The van der Waals surface area contributed by atoms with Gasteiger partial charge in [-0.15, -0.1) is 0 Å². The van der Waals surface area contributed by atoms with Gasteiger partial charge in [0.05, 0.1) is 25.4 Å². The van der Waals surface area contributed by atoms with E-state index in [0.717, 1.165) is 38.4 Å². The van der Waals surface area contributed by atoms with E-state index in [9.17, 15) is 9.90 Å². The fraction of sp³-hybridized carbons (Fsp3) is 0.588. The van der Waals surface area contributed by atoms with E-state index in [4.69, 9.17) is 4.74 Å². The molecule has 3 N–H and O–H groups in total. The number of carbonyl (C=O) groups is 1. The van der Waals surface area contributed by atoms with Crippen LogP contribution in [0.3, 0.4) is 0 Å². The molecule has 6 nitrogen and oxygen atoms in total. The predicted molar refractivity (Wildman–Crippen MR) is 86.8 cm³/mol. The first-order chi connectivity index (χ1) is 11.2. The summed E-state index contributed by atoms with van der Waals surface area (Å²) in [5, 5.41) is 15.5. The predicted octanol–water partition coefficient (Wildman–Crippen LogP) is -0.142. The number of nitrogens with one attached hydrogen (secondary N) is 2. The molecular formula is C17H25N3O3. The van der Waals surface area contributed by atoms with Gasteiger partial charge in [0.25, 0.3) is 0 Å². The first-order valence-electron chi connectivity index (χ1n) is 8.28. The molecule has 2 heterocycles. The third-order valence-electron chi connectivity index (χ3n) is 4.49. The van der Waals surface area contributed by atoms with E-state index in [1.54, 1.807) is 0 Å². The Labute approximate surface area is 136 Å². The van der Waals surface area contributed by atoms with Gasteiger partial charge in [-0.2, -0.15) is 0 Å². The normalized spacial score (nSPS) is 25.4. The molecule has 126 valence electrons. The van der Waals surface area contributed by atoms with Crippen LogP contribution < -0.4 is 10.6 Å². The lowest BCUT2D eigenvalue weighted by molar-refractivity contribution is -0.123. The van der Waals surface area contributed by atoms with Crippen LogP contribution in [0.1, 0.15) is 17.5 Å². The van der Waals surface area contributed by atoms with Crippen molar-refractivity contribution in [3.63, 3.8) is 0 Å². The van der Waals surface area contributed by atoms with Crippen molar-refractivity contribution >= 4 is 5.91 Å². The maximum Gasteiger partial charge on any atom is 0.237 e. The molecule has 2 unspecified atom stereocenters. The summed E-state index contributed by atoms with van der Waals surface area (Å²) >= 11 is 0. The number of amides is 1. The van der Waals surface area contributed by atoms with Crippen LogP contribution in [0.5, 0.6) is 0 Å². The summed E-state index contributed by atoms with van der Waals surface area (Å²) < 4.78 is 5.39. The van der Waals surface area contributed by atoms with Crippen LogP contribution in [0.2, 0.25) is 0 Å². The van der Waals surface area contributed by atoms with Gasteiger partial charge in [0.2, 0.25) is 5.91 Å². The average Bonchev–Trinajstić information content (AvgIpc) is 3.01. The summed E-state index contributed by atoms with van der Waals surface area (Å²) in [5.41, 5.74) is 2.39. The minimum absolute atomic E-state index is 0.0391. The third-order valence-corrected chi connectivity index (χ3v) is 4.49. The Morgan fingerprint density at radius 3 is 2.74 bits per heavy atom. The molecule has 0 aromatic heterocycles. The summed E-state index contributed by atoms with van der Waals surface area (Å²) in [6.07, 6.45) is 0.0701. The van der Waals surface area contributed by atoms with Crippen LogP contribution in [0, 0.1) is 0 Å². The van der Waals surface area contributed by atoms with E-state index in [2.05, 4.69) is 27.7 Å². The van der Waals surface area contributed by atoms with E-state index >= 15 is 0 Å². The second kappa shape index (κ2) is 7.88. The fourth-order valence-electron chi connectivity index (χ4n) is 3.11. The Bertz CT molecular complexity index is 532. The molecule has 3 rings (SSSR count). The molecule has 1 aromatic rings. The Morgan fingerprint density at radius 1 is 1.30 bits per heavy atom. The molecule has 0 spiro atoms. The van der Waals surface area contributed by atoms with Crippen molar-refractivity contribution in [3.05, 3.63) is 35.4 Å². The van der Waals surface area contributed by atoms with E-state index in [-0.39, 0.29) is 11.9 Å². The van der Waals surface area contributed by atoms with Crippen molar-refractivity contribution in [1.82, 2.24) is 15.5 Å². The monoisotopic (exact) mass is 319 g/mol. The first-order valence-corrected chi connectivity index (χ1v) is 8.28. The minimum atomic E-state index is -0.417. The number of carbonyl (C=O) groups excluding carboxylic acids is 1. The van der Waals surface area contributed by atoms with E-state index in [0.29, 0.717) is 19.5 Å². The SMILES string of the molecule is O=C(NCc1ccccc1CN1CCOCC1)C1CC(O)CN1. The van der Waals surface area contributed by atoms with Gasteiger partial charge in [-0.05, 0) is 17.5 Å². The van der Waals surface area contributed by atoms with Gasteiger partial charge >= 0.3 is 0 Å². The van der Waals surface area contributed by atoms with Crippen molar-refractivity contribution in [1.29, 1.82) is 0 Å². The number of β-amino-alcohol motifs (C(OH)–C–C–N with tert-alkyl or cyclic N) is 1. The van der Waals surface area contributed by atoms with Gasteiger partial charge in [-0.25, -0.2) is 0 Å². The van der Waals surface area contributed by atoms with Gasteiger partial charge in [0, 0.05) is 32.7 Å². The zero-order valence-corrected chi connectivity index (χ0v) is 13.3. The summed E-state index contributed by atoms with van der Waals surface area (Å²) in [4.78, 5) is 14.5. The van der Waals surface area contributed by atoms with Gasteiger partial charge < -0.3 is 20.5 Å². The molecule has 0 bridgehead atoms. The number of ether oxygens (including phenoxy) is 1. The molecular weight excluding hydrogens is 294 g/mol. The molecule has 23 heavy (non-hydrogen) atoms. The molecule has 0 saturated carbocycles. The van der Waals surface area contributed by atoms with Crippen molar-refractivity contribution in [2.45, 2.75) is 31.7 Å². The molecule has 2 aliphatic heterocycles. The Balaban J connectivity index is 1.56. The number of morpholine rings is 1. The zero-order chi connectivity index (χ0) is 16.1. The number of hydrogen-bond donors (Lipinski definition) is 3. The number of nitrogens with zero attached hydrogens (tertiary/aromatic N) is 1. The number of rotatable bonds is 5. The molecule has 1 amide bonds. The van der Waals surface area contributed by atoms with Crippen LogP contribution in [-0.2, 0) is 22.6 Å². The van der Waals surface area contributed by atoms with Gasteiger partial charge in [-0.1, -0.05) is 24.3 Å². The lowest BCUT2D eigenvalue weighted by atomic mass is 10.1. The summed E-state index contributed by atoms with van der Waals surface area (Å²) in [6, 6.07) is 7.94. The van der Waals surface area contributed by atoms with Crippen LogP contribution in [0.15, 0.2) is 24.3 Å². The van der Waals surface area contributed by atoms with Gasteiger partial charge in [0.1, 0.15) is 0 Å². The molecule has 2 aliphatic rings. The molecule has 6 heteroatoms. The molecule has 2 atom stereocenters. The highest BCUT2D eigenvalue weighted by atomic mass is 16.5. The molecule has 1 aromatic carbocycles. The molecule has 2 fully saturated rings. The Morgan fingerprint density at radius 2 is 2.04 bits per heavy atom. The maximum absolute atomic E-state index is 12.2. The van der Waals surface area contributed by atoms with Crippen molar-refractivity contribution in [2.75, 3.05) is 32.8 Å². The highest BCUT2D eigenvalue weighted by molar-refractivity contribution is 5.82. The zero-order valence-electron chi connectivity index (χ0n) is 13.3. The fourth-order valence-corrected chi connectivity index (χ4v) is 3.11. The van der Waals surface area contributed by atoms with E-state index in [1.165, 1.54) is 5.56 Å². The van der Waals surface area contributed by atoms with E-state index in [1.807, 2.05) is 12.1 Å². The molecule has 0 radical (unpaired) electrons. The highest BCUT2D eigenvalue weighted by Gasteiger charge is 2.27. The summed E-state index contributed by atoms with van der Waals surface area (Å²) in [7, 11) is 0. The van der Waals surface area contributed by atoms with E-state index < -0.39 is 6.10 Å². The number of aliphatic hydroxyl groups is 1. The van der Waals surface area contributed by atoms with Crippen molar-refractivity contribution < 1.29 is 14.6 Å². The van der Waals surface area contributed by atoms with Gasteiger partial charge in [0.15, 0.2) is 0 Å². The smallest absolute Gasteiger partial charge is 0.237 e. The van der Waals surface area contributed by atoms with Crippen molar-refractivity contribution in [3.8, 4) is 0 Å². The lowest BCUT2D eigenvalue weighted by Gasteiger charge is -2.27. The molecule has 0 aliphatic carbocycles. The highest BCUT2D eigenvalue weighted by Crippen LogP contribution is 2.13. The van der Waals surface area contributed by atoms with Crippen molar-refractivity contribution in [2.24, 2.45) is 0 Å². The topological polar surface area (TPSA) is 73.8 Å². The van der Waals surface area contributed by atoms with Gasteiger partial charge in [-0.3, -0.25) is 9.69 Å². The second-order valence-corrected chi connectivity index (χ2v) is 6.23. The number of aliphatic hydroxyl groups excluding tert-OH is 1.